The minimum Gasteiger partial charge on any atom is -0.480 e. The zero-order valence-electron chi connectivity index (χ0n) is 9.22. The number of carboxylic acid groups (broad SMARTS) is 1. The number of carboxylic acids is 1. The van der Waals surface area contributed by atoms with E-state index in [1.165, 1.54) is 18.4 Å². The maximum Gasteiger partial charge on any atom is 0.318 e. The lowest BCUT2D eigenvalue weighted by atomic mass is 10.4. The van der Waals surface area contributed by atoms with Gasteiger partial charge < -0.3 is 5.11 Å². The predicted molar refractivity (Wildman–Crippen MR) is 61.2 cm³/mol. The highest BCUT2D eigenvalue weighted by Gasteiger charge is 2.25. The standard InChI is InChI=1S/C9H13NO4S2/c1-6-4-8(7(2)15-6)16(13,14)10(3)5-9(11)12/h4H,5H2,1-3H3,(H,11,12). The summed E-state index contributed by atoms with van der Waals surface area (Å²) in [6.07, 6.45) is 0. The molecule has 1 aromatic rings. The van der Waals surface area contributed by atoms with Gasteiger partial charge in [-0.05, 0) is 19.9 Å². The Morgan fingerprint density at radius 1 is 1.50 bits per heavy atom. The van der Waals surface area contributed by atoms with Gasteiger partial charge in [0.1, 0.15) is 6.54 Å². The molecule has 0 amide bonds. The first-order valence-electron chi connectivity index (χ1n) is 4.50. The van der Waals surface area contributed by atoms with Crippen LogP contribution in [0.5, 0.6) is 0 Å². The normalized spacial score (nSPS) is 12.0. The minimum absolute atomic E-state index is 0.193. The highest BCUT2D eigenvalue weighted by atomic mass is 32.2. The van der Waals surface area contributed by atoms with E-state index in [9.17, 15) is 13.2 Å². The van der Waals surface area contributed by atoms with Crippen molar-refractivity contribution in [2.45, 2.75) is 18.7 Å². The predicted octanol–water partition coefficient (Wildman–Crippen LogP) is 1.07. The maximum atomic E-state index is 12.0. The number of likely N-dealkylation sites (N-methyl/N-ethyl adjacent to an activating group) is 1. The Hall–Kier alpha value is -0.920. The lowest BCUT2D eigenvalue weighted by Crippen LogP contribution is -2.32. The summed E-state index contributed by atoms with van der Waals surface area (Å²) in [5.74, 6) is -1.17. The van der Waals surface area contributed by atoms with Crippen molar-refractivity contribution in [2.24, 2.45) is 0 Å². The Bertz CT molecular complexity index is 504. The van der Waals surface area contributed by atoms with Crippen LogP contribution in [0.15, 0.2) is 11.0 Å². The van der Waals surface area contributed by atoms with Crippen molar-refractivity contribution in [1.82, 2.24) is 4.31 Å². The molecule has 0 fully saturated rings. The zero-order chi connectivity index (χ0) is 12.5. The SMILES string of the molecule is Cc1cc(S(=O)(=O)N(C)CC(=O)O)c(C)s1. The van der Waals surface area contributed by atoms with Gasteiger partial charge in [0.25, 0.3) is 0 Å². The molecule has 0 saturated carbocycles. The summed E-state index contributed by atoms with van der Waals surface area (Å²) in [6.45, 7) is 2.99. The van der Waals surface area contributed by atoms with Gasteiger partial charge in [-0.3, -0.25) is 4.79 Å². The van der Waals surface area contributed by atoms with E-state index >= 15 is 0 Å². The van der Waals surface area contributed by atoms with Crippen molar-refractivity contribution in [3.05, 3.63) is 15.8 Å². The van der Waals surface area contributed by atoms with Crippen LogP contribution in [-0.4, -0.2) is 37.4 Å². The van der Waals surface area contributed by atoms with E-state index in [-0.39, 0.29) is 4.90 Å². The molecule has 0 radical (unpaired) electrons. The van der Waals surface area contributed by atoms with Crippen LogP contribution in [0.2, 0.25) is 0 Å². The topological polar surface area (TPSA) is 74.7 Å². The summed E-state index contributed by atoms with van der Waals surface area (Å²) in [5.41, 5.74) is 0. The molecular formula is C9H13NO4S2. The third-order valence-corrected chi connectivity index (χ3v) is 5.07. The Balaban J connectivity index is 3.11. The molecule has 0 aliphatic rings. The first-order chi connectivity index (χ1) is 7.25. The van der Waals surface area contributed by atoms with E-state index < -0.39 is 22.5 Å². The van der Waals surface area contributed by atoms with Gasteiger partial charge in [-0.1, -0.05) is 0 Å². The van der Waals surface area contributed by atoms with Crippen LogP contribution < -0.4 is 0 Å². The van der Waals surface area contributed by atoms with Crippen LogP contribution in [0, 0.1) is 13.8 Å². The van der Waals surface area contributed by atoms with Gasteiger partial charge >= 0.3 is 5.97 Å². The van der Waals surface area contributed by atoms with Crippen LogP contribution in [0.1, 0.15) is 9.75 Å². The van der Waals surface area contributed by atoms with Crippen LogP contribution in [0.25, 0.3) is 0 Å². The number of sulfonamides is 1. The lowest BCUT2D eigenvalue weighted by molar-refractivity contribution is -0.137. The molecule has 0 aliphatic carbocycles. The average molecular weight is 263 g/mol. The fourth-order valence-corrected chi connectivity index (χ4v) is 3.95. The second-order valence-corrected chi connectivity index (χ2v) is 6.91. The van der Waals surface area contributed by atoms with Gasteiger partial charge in [-0.25, -0.2) is 8.42 Å². The molecule has 7 heteroatoms. The molecule has 1 aromatic heterocycles. The number of carbonyl (C=O) groups is 1. The van der Waals surface area contributed by atoms with Gasteiger partial charge in [-0.2, -0.15) is 4.31 Å². The molecule has 0 atom stereocenters. The molecule has 0 aromatic carbocycles. The largest absolute Gasteiger partial charge is 0.480 e. The Labute approximate surface area is 98.4 Å². The monoisotopic (exact) mass is 263 g/mol. The molecule has 0 spiro atoms. The Morgan fingerprint density at radius 3 is 2.44 bits per heavy atom. The number of thiophene rings is 1. The Morgan fingerprint density at radius 2 is 2.06 bits per heavy atom. The molecule has 1 rings (SSSR count). The van der Waals surface area contributed by atoms with E-state index in [1.807, 2.05) is 6.92 Å². The third kappa shape index (κ3) is 2.60. The molecular weight excluding hydrogens is 250 g/mol. The number of aliphatic carboxylic acids is 1. The summed E-state index contributed by atoms with van der Waals surface area (Å²) in [4.78, 5) is 12.2. The van der Waals surface area contributed by atoms with Crippen LogP contribution in [0.3, 0.4) is 0 Å². The first kappa shape index (κ1) is 13.1. The first-order valence-corrected chi connectivity index (χ1v) is 6.76. The second-order valence-electron chi connectivity index (χ2n) is 3.43. The molecule has 0 bridgehead atoms. The molecule has 16 heavy (non-hydrogen) atoms. The van der Waals surface area contributed by atoms with Crippen molar-refractivity contribution in [2.75, 3.05) is 13.6 Å². The highest BCUT2D eigenvalue weighted by Crippen LogP contribution is 2.26. The molecule has 5 nitrogen and oxygen atoms in total. The van der Waals surface area contributed by atoms with Crippen LogP contribution in [-0.2, 0) is 14.8 Å². The quantitative estimate of drug-likeness (QED) is 0.881. The van der Waals surface area contributed by atoms with Gasteiger partial charge in [-0.15, -0.1) is 11.3 Å². The number of rotatable bonds is 4. The molecule has 0 saturated heterocycles. The van der Waals surface area contributed by atoms with Crippen molar-refractivity contribution >= 4 is 27.3 Å². The van der Waals surface area contributed by atoms with Crippen LogP contribution >= 0.6 is 11.3 Å². The number of aryl methyl sites for hydroxylation is 2. The van der Waals surface area contributed by atoms with E-state index in [1.54, 1.807) is 13.0 Å². The van der Waals surface area contributed by atoms with Crippen molar-refractivity contribution < 1.29 is 18.3 Å². The second kappa shape index (κ2) is 4.52. The lowest BCUT2D eigenvalue weighted by Gasteiger charge is -2.14. The fraction of sp³-hybridized carbons (Fsp3) is 0.444. The van der Waals surface area contributed by atoms with Crippen molar-refractivity contribution in [1.29, 1.82) is 0 Å². The van der Waals surface area contributed by atoms with Gasteiger partial charge in [0.2, 0.25) is 10.0 Å². The molecule has 0 unspecified atom stereocenters. The number of hydrogen-bond donors (Lipinski definition) is 1. The smallest absolute Gasteiger partial charge is 0.318 e. The summed E-state index contributed by atoms with van der Waals surface area (Å²) in [7, 11) is -2.42. The summed E-state index contributed by atoms with van der Waals surface area (Å²) in [5, 5.41) is 8.57. The number of hydrogen-bond acceptors (Lipinski definition) is 4. The third-order valence-electron chi connectivity index (χ3n) is 2.04. The van der Waals surface area contributed by atoms with E-state index in [4.69, 9.17) is 5.11 Å². The van der Waals surface area contributed by atoms with Crippen LogP contribution in [0.4, 0.5) is 0 Å². The number of nitrogens with zero attached hydrogens (tertiary/aromatic N) is 1. The molecule has 1 N–H and O–H groups in total. The van der Waals surface area contributed by atoms with Gasteiger partial charge in [0, 0.05) is 16.8 Å². The van der Waals surface area contributed by atoms with E-state index in [0.29, 0.717) is 4.88 Å². The molecule has 90 valence electrons. The summed E-state index contributed by atoms with van der Waals surface area (Å²) >= 11 is 1.38. The molecule has 0 aliphatic heterocycles. The van der Waals surface area contributed by atoms with Crippen molar-refractivity contribution in [3.63, 3.8) is 0 Å². The molecule has 1 heterocycles. The maximum absolute atomic E-state index is 12.0. The highest BCUT2D eigenvalue weighted by molar-refractivity contribution is 7.89. The van der Waals surface area contributed by atoms with Crippen molar-refractivity contribution in [3.8, 4) is 0 Å². The fourth-order valence-electron chi connectivity index (χ4n) is 1.31. The van der Waals surface area contributed by atoms with E-state index in [0.717, 1.165) is 9.18 Å². The minimum atomic E-state index is -3.68. The average Bonchev–Trinajstić information content (AvgIpc) is 2.44. The van der Waals surface area contributed by atoms with Gasteiger partial charge in [0.05, 0.1) is 4.90 Å². The summed E-state index contributed by atoms with van der Waals surface area (Å²) in [6, 6.07) is 1.56. The zero-order valence-corrected chi connectivity index (χ0v) is 10.9. The van der Waals surface area contributed by atoms with E-state index in [2.05, 4.69) is 0 Å². The summed E-state index contributed by atoms with van der Waals surface area (Å²) < 4.78 is 24.8. The Kier molecular flexibility index (Phi) is 3.72. The van der Waals surface area contributed by atoms with Gasteiger partial charge in [0.15, 0.2) is 0 Å².